The van der Waals surface area contributed by atoms with Crippen LogP contribution in [0.3, 0.4) is 0 Å². The van der Waals surface area contributed by atoms with E-state index in [2.05, 4.69) is 40.4 Å². The summed E-state index contributed by atoms with van der Waals surface area (Å²) in [4.78, 5) is 4.30. The molecule has 0 aliphatic rings. The van der Waals surface area contributed by atoms with Crippen LogP contribution in [0.4, 0.5) is 0 Å². The Labute approximate surface area is 162 Å². The van der Waals surface area contributed by atoms with Gasteiger partial charge in [0.2, 0.25) is 0 Å². The van der Waals surface area contributed by atoms with Gasteiger partial charge in [-0.05, 0) is 41.0 Å². The predicted molar refractivity (Wildman–Crippen MR) is 109 cm³/mol. The summed E-state index contributed by atoms with van der Waals surface area (Å²) in [7, 11) is 0. The average Bonchev–Trinajstić information content (AvgIpc) is 3.21. The fourth-order valence-electron chi connectivity index (χ4n) is 3.05. The highest BCUT2D eigenvalue weighted by atomic mass is 32.2. The first-order valence-electron chi connectivity index (χ1n) is 8.79. The minimum atomic E-state index is 0.710. The number of hydrogen-bond acceptors (Lipinski definition) is 4. The largest absolute Gasteiger partial charge is 0.237 e. The van der Waals surface area contributed by atoms with Crippen LogP contribution < -0.4 is 0 Å². The van der Waals surface area contributed by atoms with Crippen LogP contribution in [-0.2, 0) is 12.2 Å². The number of hydrogen-bond donors (Lipinski definition) is 0. The number of aromatic nitrogens is 3. The van der Waals surface area contributed by atoms with E-state index < -0.39 is 0 Å². The molecule has 2 aromatic heterocycles. The Balaban J connectivity index is 1.35. The van der Waals surface area contributed by atoms with Gasteiger partial charge < -0.3 is 0 Å². The number of rotatable bonds is 6. The summed E-state index contributed by atoms with van der Waals surface area (Å²) in [5, 5.41) is 13.6. The van der Waals surface area contributed by atoms with E-state index in [1.165, 1.54) is 11.3 Å². The first-order chi connectivity index (χ1) is 13.3. The van der Waals surface area contributed by atoms with Gasteiger partial charge in [-0.1, -0.05) is 42.5 Å². The summed E-state index contributed by atoms with van der Waals surface area (Å²) < 4.78 is 1.90. The van der Waals surface area contributed by atoms with Crippen molar-refractivity contribution in [3.63, 3.8) is 0 Å². The van der Waals surface area contributed by atoms with E-state index in [0.29, 0.717) is 5.56 Å². The lowest BCUT2D eigenvalue weighted by Gasteiger charge is -2.07. The van der Waals surface area contributed by atoms with Gasteiger partial charge in [0.05, 0.1) is 17.8 Å². The summed E-state index contributed by atoms with van der Waals surface area (Å²) in [5.41, 5.74) is 6.14. The normalized spacial score (nSPS) is 10.8. The van der Waals surface area contributed by atoms with E-state index in [-0.39, 0.29) is 0 Å². The van der Waals surface area contributed by atoms with Gasteiger partial charge in [-0.25, -0.2) is 9.50 Å². The van der Waals surface area contributed by atoms with E-state index >= 15 is 0 Å². The molecule has 2 heterocycles. The molecule has 0 saturated heterocycles. The lowest BCUT2D eigenvalue weighted by atomic mass is 10.00. The van der Waals surface area contributed by atoms with Crippen molar-refractivity contribution in [1.29, 1.82) is 5.26 Å². The molecule has 0 bridgehead atoms. The summed E-state index contributed by atoms with van der Waals surface area (Å²) in [6.45, 7) is 0. The molecule has 27 heavy (non-hydrogen) atoms. The highest BCUT2D eigenvalue weighted by Crippen LogP contribution is 2.24. The van der Waals surface area contributed by atoms with Gasteiger partial charge in [0, 0.05) is 23.7 Å². The summed E-state index contributed by atoms with van der Waals surface area (Å²) in [6, 6.07) is 22.4. The van der Waals surface area contributed by atoms with Gasteiger partial charge in [-0.2, -0.15) is 22.1 Å². The number of benzene rings is 2. The van der Waals surface area contributed by atoms with E-state index in [1.54, 1.807) is 6.20 Å². The van der Waals surface area contributed by atoms with Gasteiger partial charge in [0.1, 0.15) is 0 Å². The molecule has 4 nitrogen and oxygen atoms in total. The predicted octanol–water partition coefficient (Wildman–Crippen LogP) is 4.74. The Morgan fingerprint density at radius 3 is 2.67 bits per heavy atom. The monoisotopic (exact) mass is 370 g/mol. The molecule has 0 unspecified atom stereocenters. The van der Waals surface area contributed by atoms with E-state index in [9.17, 15) is 5.26 Å². The second-order valence-corrected chi connectivity index (χ2v) is 7.30. The van der Waals surface area contributed by atoms with Crippen LogP contribution in [0.5, 0.6) is 0 Å². The highest BCUT2D eigenvalue weighted by Gasteiger charge is 2.05. The molecule has 0 N–H and O–H groups in total. The zero-order valence-electron chi connectivity index (χ0n) is 14.7. The molecule has 0 atom stereocenters. The molecule has 132 valence electrons. The number of aryl methyl sites for hydroxylation is 1. The van der Waals surface area contributed by atoms with Gasteiger partial charge >= 0.3 is 0 Å². The van der Waals surface area contributed by atoms with Crippen molar-refractivity contribution in [1.82, 2.24) is 14.6 Å². The first kappa shape index (κ1) is 17.3. The van der Waals surface area contributed by atoms with Crippen LogP contribution in [0.15, 0.2) is 73.1 Å². The fourth-order valence-corrected chi connectivity index (χ4v) is 3.98. The zero-order chi connectivity index (χ0) is 18.5. The molecule has 2 aromatic carbocycles. The Morgan fingerprint density at radius 2 is 1.81 bits per heavy atom. The molecular weight excluding hydrogens is 352 g/mol. The Kier molecular flexibility index (Phi) is 5.17. The second kappa shape index (κ2) is 8.07. The maximum Gasteiger partial charge on any atom is 0.155 e. The molecule has 0 fully saturated rings. The third-order valence-corrected chi connectivity index (χ3v) is 5.48. The quantitative estimate of drug-likeness (QED) is 0.460. The standard InChI is InChI=1S/C22H18N4S/c23-15-19-3-1-2-4-21(19)18-7-5-17(6-8-18)16-27-14-11-20-9-12-24-22-10-13-25-26(20)22/h1-10,12-13H,11,14,16H2. The van der Waals surface area contributed by atoms with Crippen molar-refractivity contribution < 1.29 is 0 Å². The third-order valence-electron chi connectivity index (χ3n) is 4.45. The molecule has 0 aliphatic heterocycles. The van der Waals surface area contributed by atoms with Crippen molar-refractivity contribution in [3.8, 4) is 17.2 Å². The molecule has 4 rings (SSSR count). The molecule has 0 aliphatic carbocycles. The summed E-state index contributed by atoms with van der Waals surface area (Å²) >= 11 is 1.91. The molecule has 0 spiro atoms. The smallest absolute Gasteiger partial charge is 0.155 e. The number of nitriles is 1. The van der Waals surface area contributed by atoms with Crippen LogP contribution in [0.2, 0.25) is 0 Å². The van der Waals surface area contributed by atoms with Crippen molar-refractivity contribution >= 4 is 17.4 Å². The van der Waals surface area contributed by atoms with Crippen molar-refractivity contribution in [2.75, 3.05) is 5.75 Å². The minimum absolute atomic E-state index is 0.710. The molecule has 0 amide bonds. The minimum Gasteiger partial charge on any atom is -0.237 e. The number of nitrogens with zero attached hydrogens (tertiary/aromatic N) is 4. The van der Waals surface area contributed by atoms with Crippen molar-refractivity contribution in [2.24, 2.45) is 0 Å². The Morgan fingerprint density at radius 1 is 0.963 bits per heavy atom. The highest BCUT2D eigenvalue weighted by molar-refractivity contribution is 7.98. The molecular formula is C22H18N4S. The van der Waals surface area contributed by atoms with Gasteiger partial charge in [-0.15, -0.1) is 0 Å². The lowest BCUT2D eigenvalue weighted by Crippen LogP contribution is -2.01. The van der Waals surface area contributed by atoms with E-state index in [4.69, 9.17) is 0 Å². The van der Waals surface area contributed by atoms with Crippen LogP contribution in [0.1, 0.15) is 16.8 Å². The van der Waals surface area contributed by atoms with Crippen LogP contribution in [-0.4, -0.2) is 20.4 Å². The SMILES string of the molecule is N#Cc1ccccc1-c1ccc(CSCCc2ccnc3ccnn23)cc1. The van der Waals surface area contributed by atoms with Gasteiger partial charge in [0.25, 0.3) is 0 Å². The van der Waals surface area contributed by atoms with Crippen LogP contribution >= 0.6 is 11.8 Å². The molecule has 0 saturated carbocycles. The Bertz CT molecular complexity index is 1090. The number of thioether (sulfide) groups is 1. The Hall–Kier alpha value is -3.10. The summed E-state index contributed by atoms with van der Waals surface area (Å²) in [5.74, 6) is 1.99. The van der Waals surface area contributed by atoms with Gasteiger partial charge in [0.15, 0.2) is 5.65 Å². The zero-order valence-corrected chi connectivity index (χ0v) is 15.6. The number of fused-ring (bicyclic) bond motifs is 1. The van der Waals surface area contributed by atoms with Crippen LogP contribution in [0, 0.1) is 11.3 Å². The maximum absolute atomic E-state index is 9.26. The fraction of sp³-hybridized carbons (Fsp3) is 0.136. The van der Waals surface area contributed by atoms with Crippen LogP contribution in [0.25, 0.3) is 16.8 Å². The third kappa shape index (κ3) is 3.86. The molecule has 4 aromatic rings. The lowest BCUT2D eigenvalue weighted by molar-refractivity contribution is 0.853. The van der Waals surface area contributed by atoms with E-state index in [0.717, 1.165) is 34.7 Å². The van der Waals surface area contributed by atoms with Crippen molar-refractivity contribution in [2.45, 2.75) is 12.2 Å². The molecule has 5 heteroatoms. The molecule has 0 radical (unpaired) electrons. The van der Waals surface area contributed by atoms with Crippen molar-refractivity contribution in [3.05, 3.63) is 89.9 Å². The summed E-state index contributed by atoms with van der Waals surface area (Å²) in [6.07, 6.45) is 4.58. The second-order valence-electron chi connectivity index (χ2n) is 6.19. The first-order valence-corrected chi connectivity index (χ1v) is 9.94. The topological polar surface area (TPSA) is 54.0 Å². The average molecular weight is 370 g/mol. The van der Waals surface area contributed by atoms with Gasteiger partial charge in [-0.3, -0.25) is 0 Å². The maximum atomic E-state index is 9.26. The van der Waals surface area contributed by atoms with E-state index in [1.807, 2.05) is 58.9 Å².